The average molecular weight is 344 g/mol. The minimum atomic E-state index is -1.81. The highest BCUT2D eigenvalue weighted by Gasteiger charge is 2.48. The molecule has 1 aliphatic carbocycles. The topological polar surface area (TPSA) is 38.3 Å². The summed E-state index contributed by atoms with van der Waals surface area (Å²) < 4.78 is 6.46. The fraction of sp³-hybridized carbons (Fsp3) is 0.941. The van der Waals surface area contributed by atoms with Crippen LogP contribution in [0.1, 0.15) is 59.8 Å². The Kier molecular flexibility index (Phi) is 5.71. The molecular formula is C17H33NO2SSi. The SMILES string of the molecule is C[C@@H](O[Si](C)(C)C(C)(C)C)[C@H]1C(=O)N[C@@H]1SC1CCCCC1. The number of rotatable bonds is 5. The van der Waals surface area contributed by atoms with E-state index in [9.17, 15) is 4.79 Å². The van der Waals surface area contributed by atoms with Gasteiger partial charge in [0.05, 0.1) is 17.4 Å². The zero-order valence-electron chi connectivity index (χ0n) is 15.1. The van der Waals surface area contributed by atoms with Crippen molar-refractivity contribution in [1.82, 2.24) is 5.32 Å². The molecule has 1 aliphatic heterocycles. The van der Waals surface area contributed by atoms with E-state index >= 15 is 0 Å². The van der Waals surface area contributed by atoms with Crippen molar-refractivity contribution in [3.05, 3.63) is 0 Å². The van der Waals surface area contributed by atoms with Crippen molar-refractivity contribution in [3.63, 3.8) is 0 Å². The maximum Gasteiger partial charge on any atom is 0.229 e. The summed E-state index contributed by atoms with van der Waals surface area (Å²) in [6.45, 7) is 13.4. The van der Waals surface area contributed by atoms with Crippen molar-refractivity contribution in [3.8, 4) is 0 Å². The number of thioether (sulfide) groups is 1. The molecule has 1 amide bonds. The zero-order chi connectivity index (χ0) is 16.5. The second-order valence-corrected chi connectivity index (χ2v) is 14.6. The number of nitrogens with one attached hydrogen (secondary N) is 1. The van der Waals surface area contributed by atoms with Gasteiger partial charge in [-0.2, -0.15) is 0 Å². The van der Waals surface area contributed by atoms with Crippen molar-refractivity contribution in [2.24, 2.45) is 5.92 Å². The zero-order valence-corrected chi connectivity index (χ0v) is 16.9. The Balaban J connectivity index is 1.92. The fourth-order valence-electron chi connectivity index (χ4n) is 3.07. The molecule has 0 aromatic carbocycles. The van der Waals surface area contributed by atoms with Crippen LogP contribution in [0, 0.1) is 5.92 Å². The van der Waals surface area contributed by atoms with Crippen LogP contribution in [0.4, 0.5) is 0 Å². The number of hydrogen-bond acceptors (Lipinski definition) is 3. The first kappa shape index (κ1) is 18.3. The van der Waals surface area contributed by atoms with Crippen molar-refractivity contribution in [2.75, 3.05) is 0 Å². The molecule has 1 saturated heterocycles. The predicted molar refractivity (Wildman–Crippen MR) is 97.6 cm³/mol. The van der Waals surface area contributed by atoms with Crippen LogP contribution in [-0.2, 0) is 9.22 Å². The number of carbonyl (C=O) groups excluding carboxylic acids is 1. The number of hydrogen-bond donors (Lipinski definition) is 1. The Hall–Kier alpha value is -0.00312. The molecule has 5 heteroatoms. The second-order valence-electron chi connectivity index (χ2n) is 8.43. The van der Waals surface area contributed by atoms with Gasteiger partial charge in [0.2, 0.25) is 5.91 Å². The van der Waals surface area contributed by atoms with Gasteiger partial charge in [-0.1, -0.05) is 40.0 Å². The van der Waals surface area contributed by atoms with E-state index in [0.29, 0.717) is 0 Å². The van der Waals surface area contributed by atoms with Gasteiger partial charge in [-0.15, -0.1) is 11.8 Å². The Morgan fingerprint density at radius 2 is 1.82 bits per heavy atom. The van der Waals surface area contributed by atoms with E-state index in [1.54, 1.807) is 0 Å². The lowest BCUT2D eigenvalue weighted by molar-refractivity contribution is -0.136. The predicted octanol–water partition coefficient (Wildman–Crippen LogP) is 4.53. The standard InChI is InChI=1S/C17H33NO2SSi/c1-12(20-22(5,6)17(2,3)4)14-15(19)18-16(14)21-13-10-8-7-9-11-13/h12-14,16H,7-11H2,1-6H3,(H,18,19)/t12-,14+,16-/m1/s1. The van der Waals surface area contributed by atoms with Gasteiger partial charge in [0.15, 0.2) is 8.32 Å². The Morgan fingerprint density at radius 3 is 2.32 bits per heavy atom. The second kappa shape index (κ2) is 6.86. The molecular weight excluding hydrogens is 310 g/mol. The third kappa shape index (κ3) is 4.09. The summed E-state index contributed by atoms with van der Waals surface area (Å²) in [5, 5.41) is 4.28. The van der Waals surface area contributed by atoms with Gasteiger partial charge in [0, 0.05) is 5.25 Å². The highest BCUT2D eigenvalue weighted by molar-refractivity contribution is 8.00. The van der Waals surface area contributed by atoms with E-state index < -0.39 is 8.32 Å². The summed E-state index contributed by atoms with van der Waals surface area (Å²) in [7, 11) is -1.81. The van der Waals surface area contributed by atoms with E-state index in [-0.39, 0.29) is 28.3 Å². The van der Waals surface area contributed by atoms with Crippen LogP contribution in [0.2, 0.25) is 18.1 Å². The van der Waals surface area contributed by atoms with Gasteiger partial charge < -0.3 is 9.74 Å². The van der Waals surface area contributed by atoms with Crippen LogP contribution in [0.15, 0.2) is 0 Å². The van der Waals surface area contributed by atoms with Crippen LogP contribution in [0.3, 0.4) is 0 Å². The largest absolute Gasteiger partial charge is 0.413 e. The van der Waals surface area contributed by atoms with Gasteiger partial charge in [-0.05, 0) is 37.9 Å². The monoisotopic (exact) mass is 343 g/mol. The van der Waals surface area contributed by atoms with E-state index in [4.69, 9.17) is 4.43 Å². The molecule has 1 N–H and O–H groups in total. The first-order valence-electron chi connectivity index (χ1n) is 8.75. The molecule has 1 heterocycles. The fourth-order valence-corrected chi connectivity index (χ4v) is 6.22. The number of amides is 1. The molecule has 1 saturated carbocycles. The summed E-state index contributed by atoms with van der Waals surface area (Å²) in [5.74, 6) is 0.209. The summed E-state index contributed by atoms with van der Waals surface area (Å²) in [6.07, 6.45) is 6.71. The molecule has 0 aromatic heterocycles. The molecule has 3 atom stereocenters. The highest BCUT2D eigenvalue weighted by atomic mass is 32.2. The minimum Gasteiger partial charge on any atom is -0.413 e. The van der Waals surface area contributed by atoms with Crippen molar-refractivity contribution in [2.45, 2.75) is 94.7 Å². The third-order valence-corrected chi connectivity index (χ3v) is 11.7. The average Bonchev–Trinajstić information content (AvgIpc) is 2.36. The van der Waals surface area contributed by atoms with Crippen LogP contribution in [-0.4, -0.2) is 31.0 Å². The normalized spacial score (nSPS) is 28.9. The van der Waals surface area contributed by atoms with Crippen LogP contribution in [0.5, 0.6) is 0 Å². The van der Waals surface area contributed by atoms with E-state index in [1.165, 1.54) is 32.1 Å². The van der Waals surface area contributed by atoms with Crippen molar-refractivity contribution in [1.29, 1.82) is 0 Å². The first-order valence-corrected chi connectivity index (χ1v) is 12.6. The lowest BCUT2D eigenvalue weighted by Gasteiger charge is -2.46. The maximum atomic E-state index is 12.1. The highest BCUT2D eigenvalue weighted by Crippen LogP contribution is 2.41. The van der Waals surface area contributed by atoms with Gasteiger partial charge in [0.1, 0.15) is 0 Å². The number of β-lactam (4-membered cyclic amide) rings is 1. The molecule has 0 bridgehead atoms. The summed E-state index contributed by atoms with van der Waals surface area (Å²) in [4.78, 5) is 12.1. The summed E-state index contributed by atoms with van der Waals surface area (Å²) >= 11 is 1.98. The quantitative estimate of drug-likeness (QED) is 0.588. The Bertz CT molecular complexity index is 402. The van der Waals surface area contributed by atoms with Gasteiger partial charge >= 0.3 is 0 Å². The number of carbonyl (C=O) groups is 1. The smallest absolute Gasteiger partial charge is 0.229 e. The van der Waals surface area contributed by atoms with Crippen molar-refractivity contribution >= 4 is 26.0 Å². The van der Waals surface area contributed by atoms with Gasteiger partial charge in [0.25, 0.3) is 0 Å². The molecule has 0 spiro atoms. The van der Waals surface area contributed by atoms with E-state index in [2.05, 4.69) is 46.1 Å². The molecule has 128 valence electrons. The molecule has 3 nitrogen and oxygen atoms in total. The van der Waals surface area contributed by atoms with Crippen LogP contribution < -0.4 is 5.32 Å². The van der Waals surface area contributed by atoms with Gasteiger partial charge in [-0.25, -0.2) is 0 Å². The molecule has 0 radical (unpaired) electrons. The van der Waals surface area contributed by atoms with Crippen molar-refractivity contribution < 1.29 is 9.22 Å². The summed E-state index contributed by atoms with van der Waals surface area (Å²) in [5.41, 5.74) is 0. The Morgan fingerprint density at radius 1 is 1.23 bits per heavy atom. The minimum absolute atomic E-state index is 0.0238. The first-order chi connectivity index (χ1) is 10.1. The molecule has 2 aliphatic rings. The van der Waals surface area contributed by atoms with Gasteiger partial charge in [-0.3, -0.25) is 4.79 Å². The maximum absolute atomic E-state index is 12.1. The lowest BCUT2D eigenvalue weighted by Crippen LogP contribution is -2.62. The third-order valence-electron chi connectivity index (χ3n) is 5.60. The Labute approximate surface area is 141 Å². The van der Waals surface area contributed by atoms with E-state index in [1.807, 2.05) is 11.8 Å². The molecule has 2 rings (SSSR count). The van der Waals surface area contributed by atoms with Crippen LogP contribution >= 0.6 is 11.8 Å². The molecule has 22 heavy (non-hydrogen) atoms. The van der Waals surface area contributed by atoms with Crippen LogP contribution in [0.25, 0.3) is 0 Å². The van der Waals surface area contributed by atoms with E-state index in [0.717, 1.165) is 5.25 Å². The summed E-state index contributed by atoms with van der Waals surface area (Å²) in [6, 6.07) is 0. The lowest BCUT2D eigenvalue weighted by atomic mass is 9.96. The molecule has 0 aromatic rings. The molecule has 2 fully saturated rings. The molecule has 0 unspecified atom stereocenters.